The molecule has 0 saturated carbocycles. The first kappa shape index (κ1) is 29.7. The normalized spacial score (nSPS) is 21.8. The summed E-state index contributed by atoms with van der Waals surface area (Å²) in [7, 11) is -1.94. The van der Waals surface area contributed by atoms with E-state index >= 15 is 0 Å². The van der Waals surface area contributed by atoms with E-state index in [1.54, 1.807) is 0 Å². The second-order valence-corrected chi connectivity index (χ2v) is 16.8. The van der Waals surface area contributed by atoms with Crippen LogP contribution in [0.2, 0.25) is 18.1 Å². The molecular weight excluding hydrogens is 502 g/mol. The molecule has 3 aromatic rings. The van der Waals surface area contributed by atoms with Gasteiger partial charge in [0.1, 0.15) is 12.2 Å². The molecule has 0 radical (unpaired) electrons. The first-order chi connectivity index (χ1) is 18.7. The molecule has 1 N–H and O–H groups in total. The lowest BCUT2D eigenvalue weighted by Crippen LogP contribution is -2.47. The SMILES string of the molecule is CC(C)(C)[Si](C)(C)OC[C@H]1N[C@H](COCc2ccccc2)[C@@H](OCc2ccccc2)[C@@H]1OCc1ccccc1. The second-order valence-electron chi connectivity index (χ2n) is 12.0. The maximum absolute atomic E-state index is 6.69. The molecule has 0 bridgehead atoms. The fraction of sp³-hybridized carbons (Fsp3) is 0.455. The average Bonchev–Trinajstić information content (AvgIpc) is 3.26. The van der Waals surface area contributed by atoms with Gasteiger partial charge in [-0.3, -0.25) is 0 Å². The van der Waals surface area contributed by atoms with Gasteiger partial charge in [0, 0.05) is 0 Å². The van der Waals surface area contributed by atoms with Gasteiger partial charge in [-0.25, -0.2) is 0 Å². The summed E-state index contributed by atoms with van der Waals surface area (Å²) in [5, 5.41) is 3.93. The van der Waals surface area contributed by atoms with Crippen LogP contribution in [0, 0.1) is 0 Å². The van der Waals surface area contributed by atoms with Gasteiger partial charge in [0.25, 0.3) is 0 Å². The van der Waals surface area contributed by atoms with E-state index in [1.165, 1.54) is 0 Å². The van der Waals surface area contributed by atoms with Crippen LogP contribution in [-0.4, -0.2) is 45.8 Å². The summed E-state index contributed by atoms with van der Waals surface area (Å²) in [6, 6.07) is 30.9. The Kier molecular flexibility index (Phi) is 10.5. The van der Waals surface area contributed by atoms with Crippen molar-refractivity contribution in [2.24, 2.45) is 0 Å². The van der Waals surface area contributed by atoms with Crippen molar-refractivity contribution < 1.29 is 18.6 Å². The van der Waals surface area contributed by atoms with Gasteiger partial charge in [-0.2, -0.15) is 0 Å². The number of hydrogen-bond acceptors (Lipinski definition) is 5. The maximum Gasteiger partial charge on any atom is 0.192 e. The first-order valence-corrected chi connectivity index (χ1v) is 17.0. The van der Waals surface area contributed by atoms with Crippen LogP contribution in [0.3, 0.4) is 0 Å². The summed E-state index contributed by atoms with van der Waals surface area (Å²) in [5.41, 5.74) is 3.45. The molecule has 210 valence electrons. The molecule has 0 spiro atoms. The highest BCUT2D eigenvalue weighted by molar-refractivity contribution is 6.74. The molecular formula is C33H45NO4Si. The van der Waals surface area contributed by atoms with Crippen molar-refractivity contribution in [1.29, 1.82) is 0 Å². The van der Waals surface area contributed by atoms with Gasteiger partial charge < -0.3 is 24.0 Å². The molecule has 6 heteroatoms. The van der Waals surface area contributed by atoms with Crippen molar-refractivity contribution in [1.82, 2.24) is 5.32 Å². The van der Waals surface area contributed by atoms with Crippen molar-refractivity contribution >= 4 is 8.32 Å². The highest BCUT2D eigenvalue weighted by Crippen LogP contribution is 2.37. The molecule has 4 rings (SSSR count). The van der Waals surface area contributed by atoms with Crippen LogP contribution in [0.5, 0.6) is 0 Å². The highest BCUT2D eigenvalue weighted by Gasteiger charge is 2.46. The summed E-state index contributed by atoms with van der Waals surface area (Å²) in [6.45, 7) is 14.1. The molecule has 3 aromatic carbocycles. The van der Waals surface area contributed by atoms with E-state index < -0.39 is 8.32 Å². The molecule has 0 aromatic heterocycles. The molecule has 1 aliphatic rings. The van der Waals surface area contributed by atoms with E-state index in [-0.39, 0.29) is 29.3 Å². The predicted molar refractivity (Wildman–Crippen MR) is 160 cm³/mol. The number of benzene rings is 3. The van der Waals surface area contributed by atoms with Crippen LogP contribution >= 0.6 is 0 Å². The van der Waals surface area contributed by atoms with Crippen molar-refractivity contribution in [3.8, 4) is 0 Å². The molecule has 0 unspecified atom stereocenters. The van der Waals surface area contributed by atoms with E-state index in [0.29, 0.717) is 33.0 Å². The molecule has 5 nitrogen and oxygen atoms in total. The summed E-state index contributed by atoms with van der Waals surface area (Å²) in [4.78, 5) is 0. The Balaban J connectivity index is 1.51. The van der Waals surface area contributed by atoms with Crippen LogP contribution in [0.15, 0.2) is 91.0 Å². The smallest absolute Gasteiger partial charge is 0.192 e. The summed E-state index contributed by atoms with van der Waals surface area (Å²) < 4.78 is 26.2. The Labute approximate surface area is 236 Å². The Bertz CT molecular complexity index is 1100. The minimum Gasteiger partial charge on any atom is -0.415 e. The van der Waals surface area contributed by atoms with E-state index in [2.05, 4.69) is 75.6 Å². The molecule has 39 heavy (non-hydrogen) atoms. The van der Waals surface area contributed by atoms with Crippen molar-refractivity contribution in [3.05, 3.63) is 108 Å². The van der Waals surface area contributed by atoms with Gasteiger partial charge in [-0.1, -0.05) is 112 Å². The van der Waals surface area contributed by atoms with Crippen LogP contribution < -0.4 is 5.32 Å². The Morgan fingerprint density at radius 1 is 0.615 bits per heavy atom. The number of ether oxygens (including phenoxy) is 3. The molecule has 1 fully saturated rings. The van der Waals surface area contributed by atoms with Crippen molar-refractivity contribution in [2.75, 3.05) is 13.2 Å². The Morgan fingerprint density at radius 2 is 1.03 bits per heavy atom. The number of nitrogens with one attached hydrogen (secondary N) is 1. The molecule has 0 amide bonds. The first-order valence-electron chi connectivity index (χ1n) is 14.1. The minimum absolute atomic E-state index is 0.00561. The minimum atomic E-state index is -1.94. The third-order valence-electron chi connectivity index (χ3n) is 7.95. The molecule has 4 atom stereocenters. The summed E-state index contributed by atoms with van der Waals surface area (Å²) in [6.07, 6.45) is -0.360. The lowest BCUT2D eigenvalue weighted by atomic mass is 10.1. The topological polar surface area (TPSA) is 49.0 Å². The van der Waals surface area contributed by atoms with Gasteiger partial charge >= 0.3 is 0 Å². The van der Waals surface area contributed by atoms with Crippen molar-refractivity contribution in [3.63, 3.8) is 0 Å². The zero-order valence-electron chi connectivity index (χ0n) is 24.1. The monoisotopic (exact) mass is 547 g/mol. The van der Waals surface area contributed by atoms with E-state index in [1.807, 2.05) is 54.6 Å². The van der Waals surface area contributed by atoms with Crippen LogP contribution in [0.4, 0.5) is 0 Å². The lowest BCUT2D eigenvalue weighted by molar-refractivity contribution is -0.0883. The lowest BCUT2D eigenvalue weighted by Gasteiger charge is -2.37. The van der Waals surface area contributed by atoms with Gasteiger partial charge in [-0.05, 0) is 34.8 Å². The fourth-order valence-electron chi connectivity index (χ4n) is 4.56. The molecule has 0 aliphatic carbocycles. The third-order valence-corrected chi connectivity index (χ3v) is 12.5. The summed E-state index contributed by atoms with van der Waals surface area (Å²) >= 11 is 0. The van der Waals surface area contributed by atoms with Crippen LogP contribution in [0.25, 0.3) is 0 Å². The third kappa shape index (κ3) is 8.58. The summed E-state index contributed by atoms with van der Waals surface area (Å²) in [5.74, 6) is 0. The molecule has 1 aliphatic heterocycles. The maximum atomic E-state index is 6.69. The Hall–Kier alpha value is -2.32. The number of hydrogen-bond donors (Lipinski definition) is 1. The van der Waals surface area contributed by atoms with Crippen LogP contribution in [0.1, 0.15) is 37.5 Å². The molecule has 1 saturated heterocycles. The fourth-order valence-corrected chi connectivity index (χ4v) is 5.59. The largest absolute Gasteiger partial charge is 0.415 e. The van der Waals surface area contributed by atoms with Crippen LogP contribution in [-0.2, 0) is 38.5 Å². The Morgan fingerprint density at radius 3 is 1.46 bits per heavy atom. The van der Waals surface area contributed by atoms with Gasteiger partial charge in [0.05, 0.1) is 45.1 Å². The second kappa shape index (κ2) is 13.8. The average molecular weight is 548 g/mol. The van der Waals surface area contributed by atoms with Crippen molar-refractivity contribution in [2.45, 2.75) is 83.0 Å². The van der Waals surface area contributed by atoms with Gasteiger partial charge in [-0.15, -0.1) is 0 Å². The zero-order chi connectivity index (χ0) is 27.7. The quantitative estimate of drug-likeness (QED) is 0.240. The zero-order valence-corrected chi connectivity index (χ0v) is 25.1. The van der Waals surface area contributed by atoms with Gasteiger partial charge in [0.2, 0.25) is 0 Å². The molecule has 1 heterocycles. The van der Waals surface area contributed by atoms with E-state index in [0.717, 1.165) is 16.7 Å². The van der Waals surface area contributed by atoms with E-state index in [4.69, 9.17) is 18.6 Å². The highest BCUT2D eigenvalue weighted by atomic mass is 28.4. The predicted octanol–water partition coefficient (Wildman–Crippen LogP) is 6.74. The van der Waals surface area contributed by atoms with E-state index in [9.17, 15) is 0 Å². The standard InChI is InChI=1S/C33H45NO4Si/c1-33(2,3)39(4,5)38-25-30-32(37-23-28-19-13-8-14-20-28)31(36-22-27-17-11-7-12-18-27)29(34-30)24-35-21-26-15-9-6-10-16-26/h6-20,29-32,34H,21-25H2,1-5H3/t29-,30-,31-,32-/m1/s1. The van der Waals surface area contributed by atoms with Gasteiger partial charge in [0.15, 0.2) is 8.32 Å². The number of rotatable bonds is 13.